The molecule has 0 aliphatic rings. The minimum absolute atomic E-state index is 0.0365. The van der Waals surface area contributed by atoms with E-state index in [1.807, 2.05) is 30.3 Å². The number of carbonyl (C=O) groups excluding carboxylic acids is 1. The molecule has 146 valence electrons. The summed E-state index contributed by atoms with van der Waals surface area (Å²) < 4.78 is 11.8. The Bertz CT molecular complexity index is 1120. The van der Waals surface area contributed by atoms with Crippen LogP contribution >= 0.6 is 0 Å². The molecule has 0 bridgehead atoms. The maximum absolute atomic E-state index is 11.6. The molecule has 0 aliphatic carbocycles. The molecule has 0 saturated heterocycles. The van der Waals surface area contributed by atoms with Gasteiger partial charge in [-0.2, -0.15) is 10.4 Å². The summed E-state index contributed by atoms with van der Waals surface area (Å²) in [6, 6.07) is 15.1. The number of methoxy groups -OCH3 is 1. The number of ether oxygens (including phenoxy) is 2. The van der Waals surface area contributed by atoms with E-state index in [0.717, 1.165) is 11.8 Å². The number of aryl methyl sites for hydroxylation is 1. The predicted octanol–water partition coefficient (Wildman–Crippen LogP) is 3.33. The van der Waals surface area contributed by atoms with Crippen molar-refractivity contribution < 1.29 is 19.2 Å². The summed E-state index contributed by atoms with van der Waals surface area (Å²) >= 11 is 0. The van der Waals surface area contributed by atoms with Crippen molar-refractivity contribution in [3.63, 3.8) is 0 Å². The number of hydrogen-bond donors (Lipinski definition) is 0. The van der Waals surface area contributed by atoms with Gasteiger partial charge in [0.1, 0.15) is 18.2 Å². The van der Waals surface area contributed by atoms with Gasteiger partial charge in [-0.05, 0) is 31.2 Å². The summed E-state index contributed by atoms with van der Waals surface area (Å²) in [5.41, 5.74) is 1.70. The Morgan fingerprint density at radius 3 is 2.62 bits per heavy atom. The number of carbonyl (C=O) groups is 1. The molecule has 0 spiro atoms. The smallest absolute Gasteiger partial charge is 0.338 e. The molecule has 0 amide bonds. The van der Waals surface area contributed by atoms with Gasteiger partial charge < -0.3 is 9.47 Å². The van der Waals surface area contributed by atoms with Gasteiger partial charge in [-0.3, -0.25) is 10.1 Å². The molecular formula is C20H16N4O5. The fourth-order valence-electron chi connectivity index (χ4n) is 2.81. The Kier molecular flexibility index (Phi) is 5.55. The first kappa shape index (κ1) is 19.6. The number of nitro benzene ring substituents is 1. The van der Waals surface area contributed by atoms with Gasteiger partial charge >= 0.3 is 11.7 Å². The zero-order chi connectivity index (χ0) is 21.0. The number of rotatable bonds is 6. The van der Waals surface area contributed by atoms with Crippen LogP contribution in [0.25, 0.3) is 5.69 Å². The molecule has 9 heteroatoms. The molecule has 0 aliphatic heterocycles. The third-order valence-corrected chi connectivity index (χ3v) is 4.21. The molecule has 0 N–H and O–H groups in total. The Balaban J connectivity index is 1.97. The summed E-state index contributed by atoms with van der Waals surface area (Å²) in [6.45, 7) is 1.58. The number of nitro groups is 1. The minimum Gasteiger partial charge on any atom is -0.480 e. The standard InChI is InChI=1S/C20H16N4O5/c1-13-16(11-21)18(23(22-13)15-6-4-3-5-7-15)12-29-19-9-8-14(20(25)28-2)10-17(19)24(26)27/h3-10H,12H2,1-2H3. The van der Waals surface area contributed by atoms with Gasteiger partial charge in [0.05, 0.1) is 34.7 Å². The molecule has 0 saturated carbocycles. The van der Waals surface area contributed by atoms with Gasteiger partial charge in [-0.1, -0.05) is 18.2 Å². The lowest BCUT2D eigenvalue weighted by atomic mass is 10.2. The van der Waals surface area contributed by atoms with E-state index in [4.69, 9.17) is 4.74 Å². The topological polar surface area (TPSA) is 120 Å². The van der Waals surface area contributed by atoms with Crippen molar-refractivity contribution in [2.45, 2.75) is 13.5 Å². The van der Waals surface area contributed by atoms with Crippen LogP contribution in [0.4, 0.5) is 5.69 Å². The summed E-state index contributed by atoms with van der Waals surface area (Å²) in [4.78, 5) is 22.4. The quantitative estimate of drug-likeness (QED) is 0.358. The van der Waals surface area contributed by atoms with E-state index >= 15 is 0 Å². The van der Waals surface area contributed by atoms with Crippen LogP contribution in [-0.2, 0) is 11.3 Å². The van der Waals surface area contributed by atoms with E-state index < -0.39 is 10.9 Å². The van der Waals surface area contributed by atoms with Crippen molar-refractivity contribution in [1.82, 2.24) is 9.78 Å². The monoisotopic (exact) mass is 392 g/mol. The second-order valence-corrected chi connectivity index (χ2v) is 5.99. The first-order valence-electron chi connectivity index (χ1n) is 8.49. The zero-order valence-corrected chi connectivity index (χ0v) is 15.7. The third-order valence-electron chi connectivity index (χ3n) is 4.21. The van der Waals surface area contributed by atoms with Crippen molar-refractivity contribution >= 4 is 11.7 Å². The largest absolute Gasteiger partial charge is 0.480 e. The van der Waals surface area contributed by atoms with Crippen molar-refractivity contribution in [1.29, 1.82) is 5.26 Å². The van der Waals surface area contributed by atoms with Crippen LogP contribution in [0, 0.1) is 28.4 Å². The number of nitrogens with zero attached hydrogens (tertiary/aromatic N) is 4. The number of esters is 1. The van der Waals surface area contributed by atoms with Gasteiger partial charge in [0.25, 0.3) is 0 Å². The van der Waals surface area contributed by atoms with Gasteiger partial charge in [0.15, 0.2) is 5.75 Å². The maximum Gasteiger partial charge on any atom is 0.338 e. The highest BCUT2D eigenvalue weighted by atomic mass is 16.6. The SMILES string of the molecule is COC(=O)c1ccc(OCc2c(C#N)c(C)nn2-c2ccccc2)c([N+](=O)[O-])c1. The van der Waals surface area contributed by atoms with Gasteiger partial charge in [-0.15, -0.1) is 0 Å². The average molecular weight is 392 g/mol. The normalized spacial score (nSPS) is 10.2. The highest BCUT2D eigenvalue weighted by Gasteiger charge is 2.22. The van der Waals surface area contributed by atoms with Crippen molar-refractivity contribution in [3.05, 3.63) is 81.2 Å². The van der Waals surface area contributed by atoms with Crippen LogP contribution < -0.4 is 4.74 Å². The molecular weight excluding hydrogens is 376 g/mol. The van der Waals surface area contributed by atoms with E-state index in [2.05, 4.69) is 15.9 Å². The number of hydrogen-bond acceptors (Lipinski definition) is 7. The first-order chi connectivity index (χ1) is 14.0. The summed E-state index contributed by atoms with van der Waals surface area (Å²) in [7, 11) is 1.19. The molecule has 1 heterocycles. The third kappa shape index (κ3) is 3.91. The lowest BCUT2D eigenvalue weighted by molar-refractivity contribution is -0.386. The highest BCUT2D eigenvalue weighted by molar-refractivity contribution is 5.90. The number of nitriles is 1. The number of para-hydroxylation sites is 1. The van der Waals surface area contributed by atoms with Gasteiger partial charge in [0.2, 0.25) is 0 Å². The molecule has 9 nitrogen and oxygen atoms in total. The molecule has 3 rings (SSSR count). The molecule has 3 aromatic rings. The Morgan fingerprint density at radius 2 is 2.00 bits per heavy atom. The van der Waals surface area contributed by atoms with E-state index in [1.54, 1.807) is 11.6 Å². The number of benzene rings is 2. The van der Waals surface area contributed by atoms with E-state index in [1.165, 1.54) is 19.2 Å². The lowest BCUT2D eigenvalue weighted by Gasteiger charge is -2.10. The fourth-order valence-corrected chi connectivity index (χ4v) is 2.81. The zero-order valence-electron chi connectivity index (χ0n) is 15.7. The van der Waals surface area contributed by atoms with E-state index in [0.29, 0.717) is 17.0 Å². The molecule has 29 heavy (non-hydrogen) atoms. The Hall–Kier alpha value is -4.19. The van der Waals surface area contributed by atoms with E-state index in [9.17, 15) is 20.2 Å². The minimum atomic E-state index is -0.691. The van der Waals surface area contributed by atoms with Gasteiger partial charge in [-0.25, -0.2) is 9.48 Å². The van der Waals surface area contributed by atoms with Crippen LogP contribution in [0.15, 0.2) is 48.5 Å². The van der Waals surface area contributed by atoms with Crippen LogP contribution in [0.5, 0.6) is 5.75 Å². The Morgan fingerprint density at radius 1 is 1.28 bits per heavy atom. The fraction of sp³-hybridized carbons (Fsp3) is 0.150. The van der Waals surface area contributed by atoms with Crippen LogP contribution in [0.1, 0.15) is 27.3 Å². The second-order valence-electron chi connectivity index (χ2n) is 5.99. The Labute approximate surface area is 165 Å². The second kappa shape index (κ2) is 8.22. The first-order valence-corrected chi connectivity index (χ1v) is 8.49. The molecule has 0 unspecified atom stereocenters. The van der Waals surface area contributed by atoms with Crippen LogP contribution in [-0.4, -0.2) is 27.8 Å². The van der Waals surface area contributed by atoms with Crippen molar-refractivity contribution in [2.75, 3.05) is 7.11 Å². The van der Waals surface area contributed by atoms with Crippen molar-refractivity contribution in [2.24, 2.45) is 0 Å². The van der Waals surface area contributed by atoms with Gasteiger partial charge in [0, 0.05) is 6.07 Å². The summed E-state index contributed by atoms with van der Waals surface area (Å²) in [6.07, 6.45) is 0. The molecule has 2 aromatic carbocycles. The predicted molar refractivity (Wildman–Crippen MR) is 102 cm³/mol. The van der Waals surface area contributed by atoms with Crippen LogP contribution in [0.3, 0.4) is 0 Å². The molecule has 0 fully saturated rings. The molecule has 1 aromatic heterocycles. The van der Waals surface area contributed by atoms with Crippen LogP contribution in [0.2, 0.25) is 0 Å². The highest BCUT2D eigenvalue weighted by Crippen LogP contribution is 2.30. The average Bonchev–Trinajstić information content (AvgIpc) is 3.07. The maximum atomic E-state index is 11.6. The van der Waals surface area contributed by atoms with Crippen molar-refractivity contribution in [3.8, 4) is 17.5 Å². The summed E-state index contributed by atoms with van der Waals surface area (Å²) in [5.74, 6) is -0.728. The molecule has 0 radical (unpaired) electrons. The summed E-state index contributed by atoms with van der Waals surface area (Å²) in [5, 5.41) is 25.3. The lowest BCUT2D eigenvalue weighted by Crippen LogP contribution is -2.08. The number of aromatic nitrogens is 2. The van der Waals surface area contributed by atoms with E-state index in [-0.39, 0.29) is 23.6 Å². The molecule has 0 atom stereocenters.